The number of H-pyrrole nitrogens is 1. The van der Waals surface area contributed by atoms with Gasteiger partial charge in [0.15, 0.2) is 5.65 Å². The van der Waals surface area contributed by atoms with Gasteiger partial charge < -0.3 is 9.88 Å². The van der Waals surface area contributed by atoms with Gasteiger partial charge in [-0.2, -0.15) is 9.61 Å². The first-order valence-electron chi connectivity index (χ1n) is 9.45. The van der Waals surface area contributed by atoms with Crippen molar-refractivity contribution in [3.8, 4) is 11.3 Å². The normalized spacial score (nSPS) is 13.9. The summed E-state index contributed by atoms with van der Waals surface area (Å²) < 4.78 is 1.93. The summed E-state index contributed by atoms with van der Waals surface area (Å²) in [6, 6.07) is 16.6. The van der Waals surface area contributed by atoms with Gasteiger partial charge in [0, 0.05) is 53.2 Å². The van der Waals surface area contributed by atoms with Crippen molar-refractivity contribution in [3.63, 3.8) is 0 Å². The van der Waals surface area contributed by atoms with Crippen molar-refractivity contribution >= 4 is 22.4 Å². The summed E-state index contributed by atoms with van der Waals surface area (Å²) in [7, 11) is 0. The minimum Gasteiger partial charge on any atom is -0.357 e. The van der Waals surface area contributed by atoms with Crippen LogP contribution in [0.3, 0.4) is 0 Å². The lowest BCUT2D eigenvalue weighted by atomic mass is 10.0. The maximum atomic E-state index is 4.78. The second-order valence-electron chi connectivity index (χ2n) is 7.14. The highest BCUT2D eigenvalue weighted by Gasteiger charge is 2.23. The molecule has 0 aliphatic carbocycles. The van der Waals surface area contributed by atoms with E-state index in [2.05, 4.69) is 50.3 Å². The van der Waals surface area contributed by atoms with Gasteiger partial charge in [-0.3, -0.25) is 4.98 Å². The minimum absolute atomic E-state index is 0.832. The van der Waals surface area contributed by atoms with E-state index in [1.54, 1.807) is 18.6 Å². The zero-order chi connectivity index (χ0) is 18.5. The molecule has 6 rings (SSSR count). The summed E-state index contributed by atoms with van der Waals surface area (Å²) in [4.78, 5) is 14.9. The minimum atomic E-state index is 0.832. The molecule has 0 spiro atoms. The van der Waals surface area contributed by atoms with Gasteiger partial charge in [-0.25, -0.2) is 4.98 Å². The molecule has 0 bridgehead atoms. The number of nitrogens with one attached hydrogen (secondary N) is 1. The fraction of sp³-hybridized carbons (Fsp3) is 0.136. The molecule has 0 saturated carbocycles. The molecule has 6 heteroatoms. The molecule has 1 aliphatic rings. The highest BCUT2D eigenvalue weighted by atomic mass is 15.3. The molecule has 1 aromatic carbocycles. The van der Waals surface area contributed by atoms with Gasteiger partial charge in [0.05, 0.1) is 18.4 Å². The van der Waals surface area contributed by atoms with Crippen LogP contribution in [0.4, 0.5) is 5.82 Å². The van der Waals surface area contributed by atoms with Crippen molar-refractivity contribution in [2.45, 2.75) is 13.0 Å². The van der Waals surface area contributed by atoms with Crippen molar-refractivity contribution in [3.05, 3.63) is 78.4 Å². The second-order valence-corrected chi connectivity index (χ2v) is 7.14. The Morgan fingerprint density at radius 2 is 1.86 bits per heavy atom. The van der Waals surface area contributed by atoms with E-state index in [9.17, 15) is 0 Å². The molecule has 0 saturated heterocycles. The average molecular weight is 366 g/mol. The molecule has 1 aliphatic heterocycles. The van der Waals surface area contributed by atoms with Gasteiger partial charge in [-0.15, -0.1) is 0 Å². The largest absolute Gasteiger partial charge is 0.357 e. The first kappa shape index (κ1) is 15.4. The van der Waals surface area contributed by atoms with Crippen LogP contribution in [0.1, 0.15) is 11.3 Å². The summed E-state index contributed by atoms with van der Waals surface area (Å²) in [6.07, 6.45) is 6.42. The SMILES string of the molecule is c1ccc2c3c([nH]c2c1)CN(c1cc(-c2ccncc2)nc2ccnn12)CC3. The summed E-state index contributed by atoms with van der Waals surface area (Å²) >= 11 is 0. The highest BCUT2D eigenvalue weighted by Crippen LogP contribution is 2.31. The van der Waals surface area contributed by atoms with E-state index >= 15 is 0 Å². The van der Waals surface area contributed by atoms with Crippen molar-refractivity contribution in [1.82, 2.24) is 24.6 Å². The molecule has 5 aromatic rings. The van der Waals surface area contributed by atoms with Crippen LogP contribution >= 0.6 is 0 Å². The summed E-state index contributed by atoms with van der Waals surface area (Å²) in [5.74, 6) is 1.06. The Bertz CT molecular complexity index is 1300. The molecular weight excluding hydrogens is 348 g/mol. The number of fused-ring (bicyclic) bond motifs is 4. The number of hydrogen-bond donors (Lipinski definition) is 1. The molecule has 1 N–H and O–H groups in total. The van der Waals surface area contributed by atoms with Gasteiger partial charge in [0.1, 0.15) is 5.82 Å². The summed E-state index contributed by atoms with van der Waals surface area (Å²) in [5, 5.41) is 5.86. The fourth-order valence-electron chi connectivity index (χ4n) is 4.18. The maximum Gasteiger partial charge on any atom is 0.157 e. The lowest BCUT2D eigenvalue weighted by molar-refractivity contribution is 0.697. The van der Waals surface area contributed by atoms with Gasteiger partial charge in [0.2, 0.25) is 0 Å². The molecule has 0 amide bonds. The molecule has 0 unspecified atom stereocenters. The van der Waals surface area contributed by atoms with Crippen molar-refractivity contribution in [1.29, 1.82) is 0 Å². The third kappa shape index (κ3) is 2.31. The first-order chi connectivity index (χ1) is 13.9. The Labute approximate surface area is 161 Å². The molecular formula is C22H18N6. The Hall–Kier alpha value is -3.67. The van der Waals surface area contributed by atoms with E-state index in [0.29, 0.717) is 0 Å². The number of hydrogen-bond acceptors (Lipinski definition) is 4. The zero-order valence-corrected chi connectivity index (χ0v) is 15.2. The molecule has 136 valence electrons. The monoisotopic (exact) mass is 366 g/mol. The van der Waals surface area contributed by atoms with E-state index in [1.807, 2.05) is 22.7 Å². The predicted molar refractivity (Wildman–Crippen MR) is 109 cm³/mol. The Balaban J connectivity index is 1.47. The summed E-state index contributed by atoms with van der Waals surface area (Å²) in [6.45, 7) is 1.78. The van der Waals surface area contributed by atoms with Crippen LogP contribution in [0.5, 0.6) is 0 Å². The number of rotatable bonds is 2. The van der Waals surface area contributed by atoms with E-state index in [4.69, 9.17) is 4.98 Å². The molecule has 5 heterocycles. The molecule has 6 nitrogen and oxygen atoms in total. The number of pyridine rings is 1. The standard InChI is InChI=1S/C22H18N6/c1-2-4-18-16(3-1)17-8-12-27(14-20(17)25-18)22-13-19(15-5-9-23-10-6-15)26-21-7-11-24-28(21)22/h1-7,9-11,13,25H,8,12,14H2. The average Bonchev–Trinajstić information content (AvgIpc) is 3.37. The number of anilines is 1. The van der Waals surface area contributed by atoms with Gasteiger partial charge >= 0.3 is 0 Å². The van der Waals surface area contributed by atoms with Crippen LogP contribution in [0.2, 0.25) is 0 Å². The third-order valence-corrected chi connectivity index (χ3v) is 5.52. The highest BCUT2D eigenvalue weighted by molar-refractivity contribution is 5.85. The van der Waals surface area contributed by atoms with Crippen LogP contribution in [0.25, 0.3) is 27.8 Å². The number of aromatic nitrogens is 5. The van der Waals surface area contributed by atoms with Crippen LogP contribution in [-0.4, -0.2) is 31.1 Å². The van der Waals surface area contributed by atoms with Crippen LogP contribution < -0.4 is 4.90 Å². The van der Waals surface area contributed by atoms with Crippen molar-refractivity contribution < 1.29 is 0 Å². The quantitative estimate of drug-likeness (QED) is 0.516. The zero-order valence-electron chi connectivity index (χ0n) is 15.2. The molecule has 28 heavy (non-hydrogen) atoms. The van der Waals surface area contributed by atoms with Crippen LogP contribution in [0.15, 0.2) is 67.1 Å². The Morgan fingerprint density at radius 3 is 2.79 bits per heavy atom. The Morgan fingerprint density at radius 1 is 0.964 bits per heavy atom. The lowest BCUT2D eigenvalue weighted by Gasteiger charge is -2.29. The third-order valence-electron chi connectivity index (χ3n) is 5.52. The van der Waals surface area contributed by atoms with Gasteiger partial charge in [-0.1, -0.05) is 18.2 Å². The number of para-hydroxylation sites is 1. The smallest absolute Gasteiger partial charge is 0.157 e. The first-order valence-corrected chi connectivity index (χ1v) is 9.45. The maximum absolute atomic E-state index is 4.78. The number of nitrogens with zero attached hydrogens (tertiary/aromatic N) is 5. The molecule has 4 aromatic heterocycles. The predicted octanol–water partition coefficient (Wildman–Crippen LogP) is 3.84. The van der Waals surface area contributed by atoms with E-state index in [0.717, 1.165) is 42.2 Å². The fourth-order valence-corrected chi connectivity index (χ4v) is 4.18. The van der Waals surface area contributed by atoms with Crippen LogP contribution in [0, 0.1) is 0 Å². The van der Waals surface area contributed by atoms with Gasteiger partial charge in [0.25, 0.3) is 0 Å². The number of benzene rings is 1. The lowest BCUT2D eigenvalue weighted by Crippen LogP contribution is -2.32. The summed E-state index contributed by atoms with van der Waals surface area (Å²) in [5.41, 5.74) is 6.79. The van der Waals surface area contributed by atoms with Crippen molar-refractivity contribution in [2.75, 3.05) is 11.4 Å². The van der Waals surface area contributed by atoms with E-state index in [-0.39, 0.29) is 0 Å². The molecule has 0 atom stereocenters. The van der Waals surface area contributed by atoms with Crippen molar-refractivity contribution in [2.24, 2.45) is 0 Å². The topological polar surface area (TPSA) is 62.1 Å². The molecule has 0 radical (unpaired) electrons. The van der Waals surface area contributed by atoms with Gasteiger partial charge in [-0.05, 0) is 30.2 Å². The van der Waals surface area contributed by atoms with E-state index < -0.39 is 0 Å². The Kier molecular flexibility index (Phi) is 3.25. The van der Waals surface area contributed by atoms with Crippen LogP contribution in [-0.2, 0) is 13.0 Å². The second kappa shape index (κ2) is 5.92. The van der Waals surface area contributed by atoms with E-state index in [1.165, 1.54) is 22.2 Å². The molecule has 0 fully saturated rings. The number of aromatic amines is 1.